The Labute approximate surface area is 131 Å². The summed E-state index contributed by atoms with van der Waals surface area (Å²) in [6.45, 7) is 5.42. The van der Waals surface area contributed by atoms with Gasteiger partial charge in [-0.25, -0.2) is 0 Å². The monoisotopic (exact) mass is 304 g/mol. The molecule has 3 saturated heterocycles. The van der Waals surface area contributed by atoms with Crippen LogP contribution in [0, 0.1) is 5.92 Å². The number of fused-ring (bicyclic) bond motifs is 1. The number of nitrogens with one attached hydrogen (secondary N) is 2. The van der Waals surface area contributed by atoms with Crippen LogP contribution >= 0.6 is 0 Å². The average molecular weight is 304 g/mol. The van der Waals surface area contributed by atoms with E-state index in [2.05, 4.69) is 17.6 Å². The van der Waals surface area contributed by atoms with Crippen LogP contribution in [0.1, 0.15) is 32.3 Å². The molecular formula is C17H24N2O3. The maximum absolute atomic E-state index is 12.1. The molecule has 0 aliphatic carbocycles. The smallest absolute Gasteiger partial charge is 0.163 e. The number of aromatic hydroxyl groups is 1. The molecule has 5 nitrogen and oxygen atoms in total. The van der Waals surface area contributed by atoms with Gasteiger partial charge in [-0.2, -0.15) is 0 Å². The third-order valence-corrected chi connectivity index (χ3v) is 5.09. The first-order valence-corrected chi connectivity index (χ1v) is 8.02. The van der Waals surface area contributed by atoms with Crippen LogP contribution in [-0.4, -0.2) is 35.3 Å². The molecule has 120 valence electrons. The second kappa shape index (κ2) is 5.99. The second-order valence-corrected chi connectivity index (χ2v) is 6.29. The van der Waals surface area contributed by atoms with Crippen LogP contribution in [0.4, 0.5) is 0 Å². The maximum atomic E-state index is 12.1. The van der Waals surface area contributed by atoms with Gasteiger partial charge in [0.25, 0.3) is 0 Å². The fraction of sp³-hybridized carbons (Fsp3) is 0.588. The van der Waals surface area contributed by atoms with Crippen LogP contribution in [0.15, 0.2) is 24.3 Å². The number of phenols is 1. The number of phenolic OH excluding ortho intramolecular Hbond substituents is 1. The minimum atomic E-state index is -0.315. The average Bonchev–Trinajstić information content (AvgIpc) is 3.05. The molecule has 0 spiro atoms. The van der Waals surface area contributed by atoms with Gasteiger partial charge in [0.1, 0.15) is 18.1 Å². The lowest BCUT2D eigenvalue weighted by molar-refractivity contribution is -0.128. The third-order valence-electron chi connectivity index (χ3n) is 5.09. The first kappa shape index (κ1) is 15.5. The highest BCUT2D eigenvalue weighted by Gasteiger charge is 2.65. The van der Waals surface area contributed by atoms with Crippen molar-refractivity contribution >= 4 is 5.78 Å². The number of hydrogen-bond acceptors (Lipinski definition) is 5. The maximum Gasteiger partial charge on any atom is 0.163 e. The first-order valence-electron chi connectivity index (χ1n) is 8.02. The Balaban J connectivity index is 1.54. The molecule has 2 bridgehead atoms. The molecule has 0 amide bonds. The predicted octanol–water partition coefficient (Wildman–Crippen LogP) is 1.55. The summed E-state index contributed by atoms with van der Waals surface area (Å²) in [5.41, 5.74) is 0.667. The Morgan fingerprint density at radius 1 is 1.45 bits per heavy atom. The number of ether oxygens (including phenoxy) is 1. The Morgan fingerprint density at radius 3 is 2.91 bits per heavy atom. The minimum Gasteiger partial charge on any atom is -0.508 e. The van der Waals surface area contributed by atoms with E-state index < -0.39 is 0 Å². The zero-order valence-electron chi connectivity index (χ0n) is 13.1. The van der Waals surface area contributed by atoms with Crippen LogP contribution in [0.2, 0.25) is 0 Å². The summed E-state index contributed by atoms with van der Waals surface area (Å²) in [5.74, 6) is 0.853. The van der Waals surface area contributed by atoms with Crippen molar-refractivity contribution in [2.75, 3.05) is 6.54 Å². The Hall–Kier alpha value is -1.43. The van der Waals surface area contributed by atoms with Gasteiger partial charge in [0.2, 0.25) is 0 Å². The zero-order chi connectivity index (χ0) is 15.7. The largest absolute Gasteiger partial charge is 0.508 e. The molecule has 5 heteroatoms. The summed E-state index contributed by atoms with van der Waals surface area (Å²) in [4.78, 5) is 12.1. The van der Waals surface area contributed by atoms with Gasteiger partial charge in [-0.15, -0.1) is 0 Å². The van der Waals surface area contributed by atoms with E-state index in [4.69, 9.17) is 4.74 Å². The van der Waals surface area contributed by atoms with Gasteiger partial charge in [0.05, 0.1) is 5.54 Å². The van der Waals surface area contributed by atoms with Crippen LogP contribution in [0.5, 0.6) is 5.75 Å². The lowest BCUT2D eigenvalue weighted by Crippen LogP contribution is -2.68. The Morgan fingerprint density at radius 2 is 2.23 bits per heavy atom. The molecule has 0 aromatic heterocycles. The predicted molar refractivity (Wildman–Crippen MR) is 83.4 cm³/mol. The van der Waals surface area contributed by atoms with E-state index in [-0.39, 0.29) is 23.7 Å². The van der Waals surface area contributed by atoms with E-state index in [1.807, 2.05) is 25.1 Å². The van der Waals surface area contributed by atoms with Crippen molar-refractivity contribution in [3.63, 3.8) is 0 Å². The number of Topliss-reactive ketones (excluding diaryl/α,β-unsaturated/α-hetero) is 1. The molecule has 1 aromatic carbocycles. The number of ketones is 1. The molecule has 0 saturated carbocycles. The molecule has 0 radical (unpaired) electrons. The molecule has 4 rings (SSSR count). The van der Waals surface area contributed by atoms with Crippen molar-refractivity contribution in [1.29, 1.82) is 0 Å². The highest BCUT2D eigenvalue weighted by molar-refractivity contribution is 5.85. The van der Waals surface area contributed by atoms with Crippen molar-refractivity contribution < 1.29 is 14.6 Å². The Bertz CT molecular complexity index is 563. The van der Waals surface area contributed by atoms with Gasteiger partial charge in [0.15, 0.2) is 5.78 Å². The molecular weight excluding hydrogens is 280 g/mol. The number of carbonyl (C=O) groups excluding carboxylic acids is 1. The molecule has 3 aliphatic rings. The molecule has 3 fully saturated rings. The lowest BCUT2D eigenvalue weighted by Gasteiger charge is -2.46. The van der Waals surface area contributed by atoms with Crippen molar-refractivity contribution in [2.45, 2.75) is 51.1 Å². The number of rotatable bonds is 7. The van der Waals surface area contributed by atoms with Crippen LogP contribution in [0.3, 0.4) is 0 Å². The van der Waals surface area contributed by atoms with Gasteiger partial charge in [-0.1, -0.05) is 32.0 Å². The summed E-state index contributed by atoms with van der Waals surface area (Å²) >= 11 is 0. The van der Waals surface area contributed by atoms with Gasteiger partial charge in [0, 0.05) is 24.4 Å². The SMILES string of the molecule is CCC(=O)C1OC2NC1(CCNCc1ccccc1O)C2C. The third kappa shape index (κ3) is 2.43. The molecule has 22 heavy (non-hydrogen) atoms. The van der Waals surface area contributed by atoms with Crippen molar-refractivity contribution in [2.24, 2.45) is 5.92 Å². The molecule has 3 N–H and O–H groups in total. The number of carbonyl (C=O) groups is 1. The molecule has 3 heterocycles. The summed E-state index contributed by atoms with van der Waals surface area (Å²) in [6, 6.07) is 7.32. The van der Waals surface area contributed by atoms with Gasteiger partial charge < -0.3 is 15.2 Å². The van der Waals surface area contributed by atoms with E-state index in [0.29, 0.717) is 24.6 Å². The summed E-state index contributed by atoms with van der Waals surface area (Å²) < 4.78 is 5.81. The van der Waals surface area contributed by atoms with Gasteiger partial charge in [-0.05, 0) is 19.0 Å². The second-order valence-electron chi connectivity index (χ2n) is 6.29. The van der Waals surface area contributed by atoms with E-state index in [0.717, 1.165) is 18.5 Å². The summed E-state index contributed by atoms with van der Waals surface area (Å²) in [7, 11) is 0. The van der Waals surface area contributed by atoms with Gasteiger partial charge >= 0.3 is 0 Å². The van der Waals surface area contributed by atoms with Gasteiger partial charge in [-0.3, -0.25) is 10.1 Å². The molecule has 4 atom stereocenters. The van der Waals surface area contributed by atoms with Crippen molar-refractivity contribution in [3.05, 3.63) is 29.8 Å². The highest BCUT2D eigenvalue weighted by atomic mass is 16.5. The Kier molecular flexibility index (Phi) is 4.21. The van der Waals surface area contributed by atoms with E-state index in [9.17, 15) is 9.90 Å². The number of benzene rings is 1. The van der Waals surface area contributed by atoms with E-state index >= 15 is 0 Å². The van der Waals surface area contributed by atoms with Crippen molar-refractivity contribution in [1.82, 2.24) is 10.6 Å². The van der Waals surface area contributed by atoms with E-state index in [1.165, 1.54) is 0 Å². The number of hydrogen-bond donors (Lipinski definition) is 3. The quantitative estimate of drug-likeness (QED) is 0.667. The molecule has 4 unspecified atom stereocenters. The van der Waals surface area contributed by atoms with Crippen LogP contribution < -0.4 is 10.6 Å². The first-order chi connectivity index (χ1) is 10.6. The van der Waals surface area contributed by atoms with Crippen LogP contribution in [-0.2, 0) is 16.1 Å². The number of para-hydroxylation sites is 1. The molecule has 1 aromatic rings. The standard InChI is InChI=1S/C17H24N2O3/c1-3-13(20)15-17(11(2)16(19-17)22-15)8-9-18-10-12-6-4-5-7-14(12)21/h4-7,11,15-16,18-19,21H,3,8-10H2,1-2H3. The fourth-order valence-electron chi connectivity index (χ4n) is 3.59. The van der Waals surface area contributed by atoms with Crippen LogP contribution in [0.25, 0.3) is 0 Å². The zero-order valence-corrected chi connectivity index (χ0v) is 13.1. The lowest BCUT2D eigenvalue weighted by atomic mass is 9.71. The minimum absolute atomic E-state index is 0.0265. The van der Waals surface area contributed by atoms with Crippen molar-refractivity contribution in [3.8, 4) is 5.75 Å². The highest BCUT2D eigenvalue weighted by Crippen LogP contribution is 2.47. The van der Waals surface area contributed by atoms with E-state index in [1.54, 1.807) is 6.07 Å². The molecule has 3 aliphatic heterocycles. The summed E-state index contributed by atoms with van der Waals surface area (Å²) in [5, 5.41) is 16.5. The normalized spacial score (nSPS) is 32.7. The summed E-state index contributed by atoms with van der Waals surface area (Å²) in [6.07, 6.45) is 1.07. The topological polar surface area (TPSA) is 70.6 Å². The fourth-order valence-corrected chi connectivity index (χ4v) is 3.59.